The SMILES string of the molecule is C[C@@H](OCC(F)(F)F)C(=O)Nc1ccc(-c2csc(N3CCOCC3)n2)cc1. The molecule has 1 N–H and O–H groups in total. The largest absolute Gasteiger partial charge is 0.411 e. The second kappa shape index (κ2) is 8.89. The number of carbonyl (C=O) groups is 1. The third kappa shape index (κ3) is 5.66. The van der Waals surface area contributed by atoms with Crippen LogP contribution in [0.4, 0.5) is 24.0 Å². The van der Waals surface area contributed by atoms with Crippen LogP contribution in [0.5, 0.6) is 0 Å². The Kier molecular flexibility index (Phi) is 6.53. The predicted octanol–water partition coefficient (Wildman–Crippen LogP) is 3.55. The summed E-state index contributed by atoms with van der Waals surface area (Å²) in [5.74, 6) is -0.639. The van der Waals surface area contributed by atoms with Gasteiger partial charge >= 0.3 is 6.18 Å². The van der Waals surface area contributed by atoms with E-state index in [0.717, 1.165) is 29.5 Å². The minimum atomic E-state index is -4.47. The number of nitrogens with one attached hydrogen (secondary N) is 1. The Balaban J connectivity index is 1.57. The molecule has 2 aromatic rings. The number of benzene rings is 1. The Morgan fingerprint density at radius 3 is 2.64 bits per heavy atom. The van der Waals surface area contributed by atoms with Gasteiger partial charge in [0, 0.05) is 29.7 Å². The first-order valence-corrected chi connectivity index (χ1v) is 9.58. The lowest BCUT2D eigenvalue weighted by atomic mass is 10.1. The molecule has 0 bridgehead atoms. The van der Waals surface area contributed by atoms with Gasteiger partial charge in [0.25, 0.3) is 5.91 Å². The summed E-state index contributed by atoms with van der Waals surface area (Å²) in [4.78, 5) is 18.8. The molecule has 1 fully saturated rings. The first-order valence-electron chi connectivity index (χ1n) is 8.70. The van der Waals surface area contributed by atoms with Crippen LogP contribution in [0.2, 0.25) is 0 Å². The fourth-order valence-electron chi connectivity index (χ4n) is 2.56. The van der Waals surface area contributed by atoms with Crippen LogP contribution >= 0.6 is 11.3 Å². The van der Waals surface area contributed by atoms with Crippen LogP contribution in [0.25, 0.3) is 11.3 Å². The van der Waals surface area contributed by atoms with Gasteiger partial charge in [-0.1, -0.05) is 12.1 Å². The molecule has 1 aliphatic rings. The number of alkyl halides is 3. The number of aromatic nitrogens is 1. The summed E-state index contributed by atoms with van der Waals surface area (Å²) in [6.45, 7) is 2.82. The maximum Gasteiger partial charge on any atom is 0.411 e. The molecule has 1 aliphatic heterocycles. The summed E-state index contributed by atoms with van der Waals surface area (Å²) in [6.07, 6.45) is -5.68. The number of morpholine rings is 1. The molecule has 0 aliphatic carbocycles. The van der Waals surface area contributed by atoms with Crippen molar-refractivity contribution < 1.29 is 27.4 Å². The number of rotatable bonds is 6. The monoisotopic (exact) mass is 415 g/mol. The number of thiazole rings is 1. The number of carbonyl (C=O) groups excluding carboxylic acids is 1. The molecule has 0 saturated carbocycles. The Bertz CT molecular complexity index is 789. The molecule has 28 heavy (non-hydrogen) atoms. The summed E-state index contributed by atoms with van der Waals surface area (Å²) in [7, 11) is 0. The van der Waals surface area contributed by atoms with Gasteiger partial charge in [-0.3, -0.25) is 4.79 Å². The summed E-state index contributed by atoms with van der Waals surface area (Å²) < 4.78 is 46.4. The van der Waals surface area contributed by atoms with Crippen molar-refractivity contribution in [2.75, 3.05) is 43.1 Å². The predicted molar refractivity (Wildman–Crippen MR) is 101 cm³/mol. The van der Waals surface area contributed by atoms with Gasteiger partial charge in [0.2, 0.25) is 0 Å². The smallest absolute Gasteiger partial charge is 0.378 e. The van der Waals surface area contributed by atoms with Crippen molar-refractivity contribution in [3.8, 4) is 11.3 Å². The molecule has 1 aromatic carbocycles. The highest BCUT2D eigenvalue weighted by molar-refractivity contribution is 7.14. The van der Waals surface area contributed by atoms with E-state index in [1.165, 1.54) is 6.92 Å². The van der Waals surface area contributed by atoms with E-state index in [0.29, 0.717) is 18.9 Å². The first kappa shape index (κ1) is 20.6. The van der Waals surface area contributed by atoms with Gasteiger partial charge in [0.15, 0.2) is 5.13 Å². The van der Waals surface area contributed by atoms with E-state index in [4.69, 9.17) is 4.74 Å². The molecule has 1 amide bonds. The van der Waals surface area contributed by atoms with Crippen molar-refractivity contribution in [1.29, 1.82) is 0 Å². The fraction of sp³-hybridized carbons (Fsp3) is 0.444. The Morgan fingerprint density at radius 1 is 1.32 bits per heavy atom. The topological polar surface area (TPSA) is 63.7 Å². The highest BCUT2D eigenvalue weighted by Crippen LogP contribution is 2.28. The van der Waals surface area contributed by atoms with Crippen molar-refractivity contribution in [3.05, 3.63) is 29.6 Å². The van der Waals surface area contributed by atoms with Gasteiger partial charge in [0.05, 0.1) is 18.9 Å². The van der Waals surface area contributed by atoms with Crippen molar-refractivity contribution in [2.45, 2.75) is 19.2 Å². The molecular weight excluding hydrogens is 395 g/mol. The second-order valence-electron chi connectivity index (χ2n) is 6.25. The van der Waals surface area contributed by atoms with Gasteiger partial charge in [-0.05, 0) is 19.1 Å². The third-order valence-electron chi connectivity index (χ3n) is 4.09. The molecule has 1 atom stereocenters. The van der Waals surface area contributed by atoms with Gasteiger partial charge in [-0.2, -0.15) is 13.2 Å². The molecule has 2 heterocycles. The van der Waals surface area contributed by atoms with Crippen LogP contribution < -0.4 is 10.2 Å². The van der Waals surface area contributed by atoms with Crippen LogP contribution in [0.15, 0.2) is 29.6 Å². The first-order chi connectivity index (χ1) is 13.3. The molecule has 3 rings (SSSR count). The van der Waals surface area contributed by atoms with E-state index in [2.05, 4.69) is 19.9 Å². The van der Waals surface area contributed by atoms with Crippen molar-refractivity contribution in [3.63, 3.8) is 0 Å². The Labute approximate surface area is 164 Å². The third-order valence-corrected chi connectivity index (χ3v) is 4.99. The van der Waals surface area contributed by atoms with E-state index in [9.17, 15) is 18.0 Å². The molecule has 0 spiro atoms. The molecule has 0 radical (unpaired) electrons. The van der Waals surface area contributed by atoms with E-state index < -0.39 is 24.8 Å². The minimum absolute atomic E-state index is 0.472. The van der Waals surface area contributed by atoms with Crippen molar-refractivity contribution in [2.24, 2.45) is 0 Å². The van der Waals surface area contributed by atoms with E-state index in [1.54, 1.807) is 35.6 Å². The van der Waals surface area contributed by atoms with Crippen LogP contribution in [-0.4, -0.2) is 56.1 Å². The van der Waals surface area contributed by atoms with Crippen molar-refractivity contribution in [1.82, 2.24) is 4.98 Å². The summed E-state index contributed by atoms with van der Waals surface area (Å²) in [5, 5.41) is 5.44. The number of halogens is 3. The molecule has 1 saturated heterocycles. The van der Waals surface area contributed by atoms with Crippen LogP contribution in [0, 0.1) is 0 Å². The average molecular weight is 415 g/mol. The maximum atomic E-state index is 12.2. The summed E-state index contributed by atoms with van der Waals surface area (Å²) in [5.41, 5.74) is 2.18. The average Bonchev–Trinajstić information content (AvgIpc) is 3.17. The summed E-state index contributed by atoms with van der Waals surface area (Å²) >= 11 is 1.56. The number of nitrogens with zero attached hydrogens (tertiary/aromatic N) is 2. The number of hydrogen-bond donors (Lipinski definition) is 1. The Hall–Kier alpha value is -2.17. The zero-order valence-electron chi connectivity index (χ0n) is 15.2. The standard InChI is InChI=1S/C18H20F3N3O3S/c1-12(27-11-18(19,20)21)16(25)22-14-4-2-13(3-5-14)15-10-28-17(23-15)24-6-8-26-9-7-24/h2-5,10,12H,6-9,11H2,1H3,(H,22,25)/t12-/m1/s1. The zero-order chi connectivity index (χ0) is 20.1. The van der Waals surface area contributed by atoms with Gasteiger partial charge in [-0.15, -0.1) is 11.3 Å². The molecule has 6 nitrogen and oxygen atoms in total. The van der Waals surface area contributed by atoms with Gasteiger partial charge in [-0.25, -0.2) is 4.98 Å². The lowest BCUT2D eigenvalue weighted by molar-refractivity contribution is -0.184. The lowest BCUT2D eigenvalue weighted by Gasteiger charge is -2.26. The zero-order valence-corrected chi connectivity index (χ0v) is 16.0. The quantitative estimate of drug-likeness (QED) is 0.782. The maximum absolute atomic E-state index is 12.2. The number of amides is 1. The van der Waals surface area contributed by atoms with Crippen LogP contribution in [0.3, 0.4) is 0 Å². The number of ether oxygens (including phenoxy) is 2. The van der Waals surface area contributed by atoms with Crippen molar-refractivity contribution >= 4 is 28.1 Å². The minimum Gasteiger partial charge on any atom is -0.378 e. The molecular formula is C18H20F3N3O3S. The van der Waals surface area contributed by atoms with Gasteiger partial charge in [0.1, 0.15) is 12.7 Å². The molecule has 0 unspecified atom stereocenters. The fourth-order valence-corrected chi connectivity index (χ4v) is 3.45. The van der Waals surface area contributed by atoms with E-state index in [1.807, 2.05) is 5.38 Å². The van der Waals surface area contributed by atoms with Crippen LogP contribution in [0.1, 0.15) is 6.92 Å². The highest BCUT2D eigenvalue weighted by Gasteiger charge is 2.30. The van der Waals surface area contributed by atoms with E-state index in [-0.39, 0.29) is 0 Å². The normalized spacial score (nSPS) is 16.1. The van der Waals surface area contributed by atoms with E-state index >= 15 is 0 Å². The summed E-state index contributed by atoms with van der Waals surface area (Å²) in [6, 6.07) is 6.96. The number of anilines is 2. The van der Waals surface area contributed by atoms with Gasteiger partial charge < -0.3 is 19.7 Å². The molecule has 10 heteroatoms. The Morgan fingerprint density at radius 2 is 2.00 bits per heavy atom. The van der Waals surface area contributed by atoms with Crippen LogP contribution in [-0.2, 0) is 14.3 Å². The lowest BCUT2D eigenvalue weighted by Crippen LogP contribution is -2.36. The highest BCUT2D eigenvalue weighted by atomic mass is 32.1. The molecule has 152 valence electrons. The number of hydrogen-bond acceptors (Lipinski definition) is 6. The molecule has 1 aromatic heterocycles. The second-order valence-corrected chi connectivity index (χ2v) is 7.09.